The molecule has 124 valence electrons. The van der Waals surface area contributed by atoms with Crippen molar-refractivity contribution in [2.75, 3.05) is 13.2 Å². The van der Waals surface area contributed by atoms with Gasteiger partial charge in [0.2, 0.25) is 5.91 Å². The molecule has 1 aliphatic rings. The molecule has 0 atom stereocenters. The fourth-order valence-corrected chi connectivity index (χ4v) is 2.35. The molecule has 1 fully saturated rings. The van der Waals surface area contributed by atoms with Gasteiger partial charge in [-0.05, 0) is 38.0 Å². The lowest BCUT2D eigenvalue weighted by Crippen LogP contribution is -2.35. The Labute approximate surface area is 135 Å². The van der Waals surface area contributed by atoms with Gasteiger partial charge in [0.25, 0.3) is 5.91 Å². The minimum atomic E-state index is -0.508. The predicted octanol–water partition coefficient (Wildman–Crippen LogP) is 1.71. The Morgan fingerprint density at radius 1 is 1.30 bits per heavy atom. The molecule has 0 radical (unpaired) electrons. The maximum atomic E-state index is 11.8. The summed E-state index contributed by atoms with van der Waals surface area (Å²) in [5.41, 5.74) is 0.748. The Morgan fingerprint density at radius 3 is 2.74 bits per heavy atom. The molecule has 1 aliphatic heterocycles. The lowest BCUT2D eigenvalue weighted by atomic mass is 10.1. The summed E-state index contributed by atoms with van der Waals surface area (Å²) in [6, 6.07) is 7.18. The number of ether oxygens (including phenoxy) is 2. The molecule has 0 aliphatic carbocycles. The van der Waals surface area contributed by atoms with E-state index in [-0.39, 0.29) is 18.4 Å². The zero-order valence-corrected chi connectivity index (χ0v) is 13.4. The first kappa shape index (κ1) is 17.0. The maximum absolute atomic E-state index is 11.8. The summed E-state index contributed by atoms with van der Waals surface area (Å²) in [5, 5.41) is 0. The Morgan fingerprint density at radius 2 is 2.09 bits per heavy atom. The first-order valence-corrected chi connectivity index (χ1v) is 7.70. The maximum Gasteiger partial charge on any atom is 0.310 e. The van der Waals surface area contributed by atoms with Crippen molar-refractivity contribution in [2.24, 2.45) is 0 Å². The van der Waals surface area contributed by atoms with Crippen molar-refractivity contribution >= 4 is 17.8 Å². The summed E-state index contributed by atoms with van der Waals surface area (Å²) >= 11 is 0. The SMILES string of the molecule is CC(C)Oc1cccc(CC(=O)OCC(=O)N2CCCC2=O)c1. The standard InChI is InChI=1S/C17H21NO5/c1-12(2)23-14-6-3-5-13(9-14)10-17(21)22-11-16(20)18-8-4-7-15(18)19/h3,5-6,9,12H,4,7-8,10-11H2,1-2H3. The van der Waals surface area contributed by atoms with Crippen LogP contribution in [-0.2, 0) is 25.5 Å². The molecule has 0 bridgehead atoms. The van der Waals surface area contributed by atoms with Crippen LogP contribution in [0, 0.1) is 0 Å². The van der Waals surface area contributed by atoms with Gasteiger partial charge in [0.15, 0.2) is 6.61 Å². The molecule has 1 saturated heterocycles. The number of hydrogen-bond acceptors (Lipinski definition) is 5. The lowest BCUT2D eigenvalue weighted by molar-refractivity contribution is -0.154. The first-order valence-electron chi connectivity index (χ1n) is 7.70. The van der Waals surface area contributed by atoms with Crippen molar-refractivity contribution in [2.45, 2.75) is 39.2 Å². The number of carbonyl (C=O) groups is 3. The fourth-order valence-electron chi connectivity index (χ4n) is 2.35. The highest BCUT2D eigenvalue weighted by Crippen LogP contribution is 2.16. The van der Waals surface area contributed by atoms with Gasteiger partial charge in [-0.1, -0.05) is 12.1 Å². The predicted molar refractivity (Wildman–Crippen MR) is 82.8 cm³/mol. The zero-order valence-electron chi connectivity index (χ0n) is 13.4. The van der Waals surface area contributed by atoms with Crippen LogP contribution in [0.4, 0.5) is 0 Å². The first-order chi connectivity index (χ1) is 11.0. The van der Waals surface area contributed by atoms with Crippen molar-refractivity contribution in [3.8, 4) is 5.75 Å². The van der Waals surface area contributed by atoms with E-state index in [1.165, 1.54) is 0 Å². The van der Waals surface area contributed by atoms with Gasteiger partial charge in [0, 0.05) is 13.0 Å². The van der Waals surface area contributed by atoms with E-state index >= 15 is 0 Å². The Hall–Kier alpha value is -2.37. The second kappa shape index (κ2) is 7.76. The summed E-state index contributed by atoms with van der Waals surface area (Å²) in [6.07, 6.45) is 1.15. The number of rotatable bonds is 6. The van der Waals surface area contributed by atoms with Gasteiger partial charge in [-0.25, -0.2) is 0 Å². The molecule has 1 aromatic carbocycles. The van der Waals surface area contributed by atoms with E-state index in [1.807, 2.05) is 19.9 Å². The van der Waals surface area contributed by atoms with E-state index in [1.54, 1.807) is 18.2 Å². The number of nitrogens with zero attached hydrogens (tertiary/aromatic N) is 1. The number of amides is 2. The molecule has 0 aromatic heterocycles. The van der Waals surface area contributed by atoms with E-state index in [9.17, 15) is 14.4 Å². The Bertz CT molecular complexity index is 596. The van der Waals surface area contributed by atoms with Crippen LogP contribution >= 0.6 is 0 Å². The van der Waals surface area contributed by atoms with Crippen LogP contribution in [0.15, 0.2) is 24.3 Å². The summed E-state index contributed by atoms with van der Waals surface area (Å²) in [6.45, 7) is 3.86. The van der Waals surface area contributed by atoms with Crippen LogP contribution < -0.4 is 4.74 Å². The van der Waals surface area contributed by atoms with Gasteiger partial charge in [-0.15, -0.1) is 0 Å². The Balaban J connectivity index is 1.82. The largest absolute Gasteiger partial charge is 0.491 e. The van der Waals surface area contributed by atoms with Crippen LogP contribution in [0.1, 0.15) is 32.3 Å². The molecule has 0 N–H and O–H groups in total. The minimum absolute atomic E-state index is 0.0489. The molecule has 6 heteroatoms. The van der Waals surface area contributed by atoms with Gasteiger partial charge in [-0.2, -0.15) is 0 Å². The van der Waals surface area contributed by atoms with Crippen LogP contribution in [0.3, 0.4) is 0 Å². The highest BCUT2D eigenvalue weighted by atomic mass is 16.5. The van der Waals surface area contributed by atoms with Gasteiger partial charge >= 0.3 is 5.97 Å². The van der Waals surface area contributed by atoms with E-state index < -0.39 is 18.5 Å². The van der Waals surface area contributed by atoms with Crippen molar-refractivity contribution in [3.05, 3.63) is 29.8 Å². The molecule has 2 amide bonds. The molecular formula is C17H21NO5. The molecular weight excluding hydrogens is 298 g/mol. The molecule has 0 saturated carbocycles. The molecule has 23 heavy (non-hydrogen) atoms. The number of esters is 1. The molecule has 2 rings (SSSR count). The second-order valence-corrected chi connectivity index (χ2v) is 5.69. The van der Waals surface area contributed by atoms with Crippen molar-refractivity contribution in [1.82, 2.24) is 4.90 Å². The third-order valence-corrected chi connectivity index (χ3v) is 3.35. The quantitative estimate of drug-likeness (QED) is 0.746. The molecule has 0 unspecified atom stereocenters. The number of carbonyl (C=O) groups excluding carboxylic acids is 3. The average molecular weight is 319 g/mol. The van der Waals surface area contributed by atoms with Crippen LogP contribution in [0.25, 0.3) is 0 Å². The third kappa shape index (κ3) is 5.09. The monoisotopic (exact) mass is 319 g/mol. The minimum Gasteiger partial charge on any atom is -0.491 e. The Kier molecular flexibility index (Phi) is 5.73. The number of benzene rings is 1. The summed E-state index contributed by atoms with van der Waals surface area (Å²) in [4.78, 5) is 36.2. The molecule has 6 nitrogen and oxygen atoms in total. The van der Waals surface area contributed by atoms with E-state index in [2.05, 4.69) is 0 Å². The second-order valence-electron chi connectivity index (χ2n) is 5.69. The number of hydrogen-bond donors (Lipinski definition) is 0. The van der Waals surface area contributed by atoms with Gasteiger partial charge in [0.1, 0.15) is 5.75 Å². The smallest absolute Gasteiger partial charge is 0.310 e. The number of likely N-dealkylation sites (tertiary alicyclic amines) is 1. The van der Waals surface area contributed by atoms with Crippen LogP contribution in [0.5, 0.6) is 5.75 Å². The summed E-state index contributed by atoms with van der Waals surface area (Å²) < 4.78 is 10.5. The topological polar surface area (TPSA) is 72.9 Å². The molecule has 1 aromatic rings. The number of imide groups is 1. The van der Waals surface area contributed by atoms with Crippen molar-refractivity contribution < 1.29 is 23.9 Å². The van der Waals surface area contributed by atoms with Crippen LogP contribution in [0.2, 0.25) is 0 Å². The van der Waals surface area contributed by atoms with Crippen molar-refractivity contribution in [1.29, 1.82) is 0 Å². The van der Waals surface area contributed by atoms with Crippen molar-refractivity contribution in [3.63, 3.8) is 0 Å². The molecule has 0 spiro atoms. The summed E-state index contributed by atoms with van der Waals surface area (Å²) in [7, 11) is 0. The highest BCUT2D eigenvalue weighted by molar-refractivity contribution is 5.97. The van der Waals surface area contributed by atoms with E-state index in [4.69, 9.17) is 9.47 Å². The average Bonchev–Trinajstić information content (AvgIpc) is 2.90. The van der Waals surface area contributed by atoms with Gasteiger partial charge < -0.3 is 9.47 Å². The van der Waals surface area contributed by atoms with Gasteiger partial charge in [0.05, 0.1) is 12.5 Å². The lowest BCUT2D eigenvalue weighted by Gasteiger charge is -2.13. The highest BCUT2D eigenvalue weighted by Gasteiger charge is 2.26. The van der Waals surface area contributed by atoms with E-state index in [0.29, 0.717) is 25.1 Å². The summed E-state index contributed by atoms with van der Waals surface area (Å²) in [5.74, 6) is -0.488. The van der Waals surface area contributed by atoms with Gasteiger partial charge in [-0.3, -0.25) is 19.3 Å². The van der Waals surface area contributed by atoms with Crippen LogP contribution in [-0.4, -0.2) is 41.9 Å². The molecule has 1 heterocycles. The third-order valence-electron chi connectivity index (χ3n) is 3.35. The normalized spacial score (nSPS) is 14.2. The van der Waals surface area contributed by atoms with E-state index in [0.717, 1.165) is 10.5 Å². The zero-order chi connectivity index (χ0) is 16.8. The fraction of sp³-hybridized carbons (Fsp3) is 0.471.